The molecule has 3 N–H and O–H groups in total. The summed E-state index contributed by atoms with van der Waals surface area (Å²) < 4.78 is 40.4. The lowest BCUT2D eigenvalue weighted by atomic mass is 10.1. The van der Waals surface area contributed by atoms with Crippen molar-refractivity contribution in [3.63, 3.8) is 0 Å². The van der Waals surface area contributed by atoms with E-state index in [-0.39, 0.29) is 24.3 Å². The lowest BCUT2D eigenvalue weighted by Gasteiger charge is -2.25. The van der Waals surface area contributed by atoms with Crippen LogP contribution in [0.1, 0.15) is 28.8 Å². The normalized spacial score (nSPS) is 17.2. The Bertz CT molecular complexity index is 1190. The molecule has 0 unspecified atom stereocenters. The molecule has 7 nitrogen and oxygen atoms in total. The Morgan fingerprint density at radius 3 is 2.66 bits per heavy atom. The molecule has 0 aliphatic carbocycles. The third-order valence-electron chi connectivity index (χ3n) is 4.94. The van der Waals surface area contributed by atoms with Gasteiger partial charge in [0.05, 0.1) is 34.5 Å². The fraction of sp³-hybridized carbons (Fsp3) is 0.273. The Morgan fingerprint density at radius 2 is 2.00 bits per heavy atom. The number of nitrogens with one attached hydrogen (secondary N) is 1. The van der Waals surface area contributed by atoms with Gasteiger partial charge in [0.25, 0.3) is 5.91 Å². The van der Waals surface area contributed by atoms with Gasteiger partial charge in [-0.15, -0.1) is 12.3 Å². The summed E-state index contributed by atoms with van der Waals surface area (Å²) in [5.74, 6) is -0.658. The molecular weight excluding hydrogens is 457 g/mol. The second-order valence-corrected chi connectivity index (χ2v) is 9.74. The van der Waals surface area contributed by atoms with Crippen LogP contribution in [-0.4, -0.2) is 38.6 Å². The van der Waals surface area contributed by atoms with Gasteiger partial charge in [-0.2, -0.15) is 0 Å². The summed E-state index contributed by atoms with van der Waals surface area (Å²) in [4.78, 5) is 26.3. The third-order valence-corrected chi connectivity index (χ3v) is 6.99. The maximum Gasteiger partial charge on any atom is 0.254 e. The minimum atomic E-state index is -4.08. The summed E-state index contributed by atoms with van der Waals surface area (Å²) in [5.41, 5.74) is 6.01. The van der Waals surface area contributed by atoms with E-state index in [9.17, 15) is 22.4 Å². The molecule has 32 heavy (non-hydrogen) atoms. The molecule has 3 rings (SSSR count). The van der Waals surface area contributed by atoms with E-state index < -0.39 is 44.2 Å². The number of terminal acetylenes is 1. The molecular formula is C22H21ClFN3O4S. The van der Waals surface area contributed by atoms with Crippen molar-refractivity contribution < 1.29 is 22.4 Å². The number of halogens is 2. The number of amides is 2. The largest absolute Gasteiger partial charge is 0.352 e. The minimum Gasteiger partial charge on any atom is -0.352 e. The predicted octanol–water partition coefficient (Wildman–Crippen LogP) is 2.27. The van der Waals surface area contributed by atoms with Gasteiger partial charge in [0.2, 0.25) is 5.91 Å². The molecule has 0 radical (unpaired) electrons. The van der Waals surface area contributed by atoms with E-state index in [1.807, 2.05) is 0 Å². The van der Waals surface area contributed by atoms with Crippen LogP contribution >= 0.6 is 11.6 Å². The molecule has 1 aliphatic heterocycles. The monoisotopic (exact) mass is 477 g/mol. The van der Waals surface area contributed by atoms with Crippen molar-refractivity contribution in [2.45, 2.75) is 30.3 Å². The highest BCUT2D eigenvalue weighted by atomic mass is 35.5. The highest BCUT2D eigenvalue weighted by Crippen LogP contribution is 2.34. The van der Waals surface area contributed by atoms with E-state index in [4.69, 9.17) is 23.8 Å². The molecule has 168 valence electrons. The van der Waals surface area contributed by atoms with Crippen LogP contribution in [-0.2, 0) is 21.2 Å². The van der Waals surface area contributed by atoms with Gasteiger partial charge in [-0.3, -0.25) is 9.59 Å². The standard InChI is InChI=1S/C22H21ClFN3O4S/c1-2-3-4-9-26-21(28)16-10-19-20(11-17(16)24)32(30,31)13-18(25)22(29)27(19)12-14-5-7-15(23)8-6-14/h1,5-8,10-11,18H,3-4,9,12-13,25H2,(H,26,28)/t18-/m0/s1. The van der Waals surface area contributed by atoms with Crippen molar-refractivity contribution in [1.82, 2.24) is 5.32 Å². The van der Waals surface area contributed by atoms with Crippen LogP contribution < -0.4 is 16.0 Å². The van der Waals surface area contributed by atoms with E-state index in [1.165, 1.54) is 0 Å². The zero-order chi connectivity index (χ0) is 23.5. The van der Waals surface area contributed by atoms with Crippen molar-refractivity contribution in [3.05, 3.63) is 58.4 Å². The molecule has 1 heterocycles. The molecule has 2 aromatic rings. The molecule has 0 saturated carbocycles. The van der Waals surface area contributed by atoms with Crippen molar-refractivity contribution in [3.8, 4) is 12.3 Å². The Morgan fingerprint density at radius 1 is 1.31 bits per heavy atom. The Labute approximate surface area is 190 Å². The molecule has 0 saturated heterocycles. The summed E-state index contributed by atoms with van der Waals surface area (Å²) in [6, 6.07) is 7.08. The average Bonchev–Trinajstić information content (AvgIpc) is 2.81. The topological polar surface area (TPSA) is 110 Å². The number of hydrogen-bond donors (Lipinski definition) is 2. The maximum absolute atomic E-state index is 14.8. The molecule has 0 bridgehead atoms. The van der Waals surface area contributed by atoms with Crippen LogP contribution in [0, 0.1) is 18.2 Å². The number of anilines is 1. The number of carbonyl (C=O) groups excluding carboxylic acids is 2. The predicted molar refractivity (Wildman–Crippen MR) is 119 cm³/mol. The van der Waals surface area contributed by atoms with Crippen LogP contribution in [0.5, 0.6) is 0 Å². The number of rotatable bonds is 6. The summed E-state index contributed by atoms with van der Waals surface area (Å²) in [6.07, 6.45) is 6.11. The summed E-state index contributed by atoms with van der Waals surface area (Å²) in [6.45, 7) is 0.178. The van der Waals surface area contributed by atoms with E-state index in [0.717, 1.165) is 17.0 Å². The van der Waals surface area contributed by atoms with Gasteiger partial charge in [0.1, 0.15) is 5.82 Å². The second-order valence-electron chi connectivity index (χ2n) is 7.30. The zero-order valence-electron chi connectivity index (χ0n) is 17.0. The van der Waals surface area contributed by atoms with E-state index in [0.29, 0.717) is 23.4 Å². The van der Waals surface area contributed by atoms with E-state index >= 15 is 0 Å². The van der Waals surface area contributed by atoms with Crippen molar-refractivity contribution in [2.24, 2.45) is 5.73 Å². The smallest absolute Gasteiger partial charge is 0.254 e. The summed E-state index contributed by atoms with van der Waals surface area (Å²) in [5, 5.41) is 3.03. The highest BCUT2D eigenvalue weighted by Gasteiger charge is 2.37. The molecule has 0 fully saturated rings. The van der Waals surface area contributed by atoms with Gasteiger partial charge in [-0.05, 0) is 36.2 Å². The first-order valence-corrected chi connectivity index (χ1v) is 11.8. The lowest BCUT2D eigenvalue weighted by Crippen LogP contribution is -2.45. The van der Waals surface area contributed by atoms with Crippen LogP contribution in [0.2, 0.25) is 5.02 Å². The first-order chi connectivity index (χ1) is 15.1. The number of unbranched alkanes of at least 4 members (excludes halogenated alkanes) is 1. The zero-order valence-corrected chi connectivity index (χ0v) is 18.5. The van der Waals surface area contributed by atoms with E-state index in [1.54, 1.807) is 24.3 Å². The maximum atomic E-state index is 14.8. The molecule has 0 spiro atoms. The molecule has 1 atom stereocenters. The fourth-order valence-corrected chi connectivity index (χ4v) is 5.01. The first kappa shape index (κ1) is 23.7. The number of sulfone groups is 1. The summed E-state index contributed by atoms with van der Waals surface area (Å²) >= 11 is 5.91. The van der Waals surface area contributed by atoms with Crippen molar-refractivity contribution >= 4 is 38.9 Å². The fourth-order valence-electron chi connectivity index (χ4n) is 3.32. The summed E-state index contributed by atoms with van der Waals surface area (Å²) in [7, 11) is -4.08. The SMILES string of the molecule is C#CCCCNC(=O)c1cc2c(cc1F)S(=O)(=O)C[C@H](N)C(=O)N2Cc1ccc(Cl)cc1. The van der Waals surface area contributed by atoms with Crippen LogP contribution in [0.15, 0.2) is 41.3 Å². The van der Waals surface area contributed by atoms with Gasteiger partial charge in [-0.1, -0.05) is 23.7 Å². The molecule has 2 aromatic carbocycles. The molecule has 0 aromatic heterocycles. The van der Waals surface area contributed by atoms with Gasteiger partial charge in [-0.25, -0.2) is 12.8 Å². The Kier molecular flexibility index (Phi) is 7.19. The number of nitrogens with two attached hydrogens (primary N) is 1. The number of nitrogens with zero attached hydrogens (tertiary/aromatic N) is 1. The van der Waals surface area contributed by atoms with Crippen LogP contribution in [0.4, 0.5) is 10.1 Å². The van der Waals surface area contributed by atoms with E-state index in [2.05, 4.69) is 11.2 Å². The van der Waals surface area contributed by atoms with Crippen LogP contribution in [0.25, 0.3) is 0 Å². The Balaban J connectivity index is 2.07. The third kappa shape index (κ3) is 5.10. The minimum absolute atomic E-state index is 0.0406. The van der Waals surface area contributed by atoms with Gasteiger partial charge < -0.3 is 16.0 Å². The number of fused-ring (bicyclic) bond motifs is 1. The lowest BCUT2D eigenvalue weighted by molar-refractivity contribution is -0.119. The van der Waals surface area contributed by atoms with Crippen molar-refractivity contribution in [1.29, 1.82) is 0 Å². The number of carbonyl (C=O) groups is 2. The van der Waals surface area contributed by atoms with Gasteiger partial charge in [0, 0.05) is 18.0 Å². The Hall–Kier alpha value is -2.93. The van der Waals surface area contributed by atoms with Crippen molar-refractivity contribution in [2.75, 3.05) is 17.2 Å². The molecule has 10 heteroatoms. The average molecular weight is 478 g/mol. The molecule has 2 amide bonds. The second kappa shape index (κ2) is 9.69. The van der Waals surface area contributed by atoms with Gasteiger partial charge >= 0.3 is 0 Å². The first-order valence-electron chi connectivity index (χ1n) is 9.73. The van der Waals surface area contributed by atoms with Crippen LogP contribution in [0.3, 0.4) is 0 Å². The molecule has 1 aliphatic rings. The number of benzene rings is 2. The number of hydrogen-bond acceptors (Lipinski definition) is 5. The quantitative estimate of drug-likeness (QED) is 0.490. The van der Waals surface area contributed by atoms with Gasteiger partial charge in [0.15, 0.2) is 9.84 Å². The highest BCUT2D eigenvalue weighted by molar-refractivity contribution is 7.91.